The van der Waals surface area contributed by atoms with E-state index in [1.54, 1.807) is 12.1 Å². The SMILES string of the molecule is O=C(O)c1cn(-c2ccc(O)cc2)c2c(OCF)c(-c3ccc4c(c3)CNC4)c(F)cc2c1=O. The highest BCUT2D eigenvalue weighted by molar-refractivity contribution is 5.98. The normalized spacial score (nSPS) is 12.6. The third-order valence-corrected chi connectivity index (χ3v) is 5.88. The highest BCUT2D eigenvalue weighted by atomic mass is 19.1. The van der Waals surface area contributed by atoms with E-state index >= 15 is 4.39 Å². The van der Waals surface area contributed by atoms with Crippen LogP contribution in [0, 0.1) is 5.82 Å². The smallest absolute Gasteiger partial charge is 0.341 e. The number of pyridine rings is 1. The summed E-state index contributed by atoms with van der Waals surface area (Å²) in [5, 5.41) is 22.2. The number of phenols is 1. The number of carbonyl (C=O) groups is 1. The van der Waals surface area contributed by atoms with Crippen LogP contribution in [0.3, 0.4) is 0 Å². The van der Waals surface area contributed by atoms with Gasteiger partial charge in [0.25, 0.3) is 0 Å². The second kappa shape index (κ2) is 8.27. The highest BCUT2D eigenvalue weighted by Gasteiger charge is 2.25. The Morgan fingerprint density at radius 2 is 1.82 bits per heavy atom. The number of carboxylic acid groups (broad SMARTS) is 1. The van der Waals surface area contributed by atoms with Gasteiger partial charge < -0.3 is 24.8 Å². The van der Waals surface area contributed by atoms with Crippen LogP contribution in [0.5, 0.6) is 11.5 Å². The summed E-state index contributed by atoms with van der Waals surface area (Å²) < 4.78 is 35.7. The van der Waals surface area contributed by atoms with Crippen molar-refractivity contribution in [2.45, 2.75) is 13.1 Å². The molecule has 172 valence electrons. The number of aromatic carboxylic acids is 1. The van der Waals surface area contributed by atoms with Gasteiger partial charge in [-0.05, 0) is 53.1 Å². The Hall–Kier alpha value is -4.24. The van der Waals surface area contributed by atoms with Gasteiger partial charge in [-0.25, -0.2) is 13.6 Å². The van der Waals surface area contributed by atoms with E-state index in [0.717, 1.165) is 23.4 Å². The molecule has 0 fully saturated rings. The van der Waals surface area contributed by atoms with Crippen molar-refractivity contribution in [2.24, 2.45) is 0 Å². The van der Waals surface area contributed by atoms with Crippen molar-refractivity contribution in [3.8, 4) is 28.3 Å². The average molecular weight is 464 g/mol. The molecule has 1 aliphatic heterocycles. The number of hydrogen-bond donors (Lipinski definition) is 3. The molecule has 9 heteroatoms. The molecular weight excluding hydrogens is 446 g/mol. The van der Waals surface area contributed by atoms with Crippen LogP contribution in [0.15, 0.2) is 59.5 Å². The lowest BCUT2D eigenvalue weighted by Crippen LogP contribution is -2.19. The van der Waals surface area contributed by atoms with Gasteiger partial charge in [-0.15, -0.1) is 0 Å². The molecule has 4 aromatic rings. The van der Waals surface area contributed by atoms with Gasteiger partial charge in [0.05, 0.1) is 10.9 Å². The van der Waals surface area contributed by atoms with Gasteiger partial charge in [0.1, 0.15) is 22.6 Å². The Morgan fingerprint density at radius 1 is 1.09 bits per heavy atom. The van der Waals surface area contributed by atoms with Crippen molar-refractivity contribution < 1.29 is 28.5 Å². The molecule has 0 aliphatic carbocycles. The first-order chi connectivity index (χ1) is 16.4. The standard InChI is InChI=1S/C25H18F2N2O5/c26-12-34-24-21(13-1-2-14-9-28-10-15(14)7-13)20(27)8-18-22(24)29(11-19(23(18)31)25(32)33)16-3-5-17(30)6-4-16/h1-8,11,28,30H,9-10,12H2,(H,32,33). The summed E-state index contributed by atoms with van der Waals surface area (Å²) in [5.41, 5.74) is 1.24. The third kappa shape index (κ3) is 3.46. The Bertz CT molecular complexity index is 1510. The monoisotopic (exact) mass is 464 g/mol. The van der Waals surface area contributed by atoms with Crippen LogP contribution in [0.2, 0.25) is 0 Å². The molecule has 0 bridgehead atoms. The van der Waals surface area contributed by atoms with Crippen LogP contribution in [-0.4, -0.2) is 27.6 Å². The van der Waals surface area contributed by atoms with E-state index in [9.17, 15) is 24.2 Å². The van der Waals surface area contributed by atoms with Gasteiger partial charge in [0.2, 0.25) is 12.3 Å². The lowest BCUT2D eigenvalue weighted by Gasteiger charge is -2.19. The van der Waals surface area contributed by atoms with Gasteiger partial charge in [0, 0.05) is 25.0 Å². The van der Waals surface area contributed by atoms with Crippen LogP contribution < -0.4 is 15.5 Å². The second-order valence-electron chi connectivity index (χ2n) is 7.86. The van der Waals surface area contributed by atoms with E-state index in [2.05, 4.69) is 5.32 Å². The van der Waals surface area contributed by atoms with Crippen molar-refractivity contribution in [3.05, 3.63) is 87.5 Å². The Kier molecular flexibility index (Phi) is 5.25. The molecule has 2 heterocycles. The summed E-state index contributed by atoms with van der Waals surface area (Å²) in [6.07, 6.45) is 1.08. The first kappa shape index (κ1) is 21.6. The fourth-order valence-corrected chi connectivity index (χ4v) is 4.31. The molecule has 0 atom stereocenters. The summed E-state index contributed by atoms with van der Waals surface area (Å²) in [6.45, 7) is -0.0254. The molecule has 0 unspecified atom stereocenters. The molecule has 1 aromatic heterocycles. The first-order valence-electron chi connectivity index (χ1n) is 10.3. The topological polar surface area (TPSA) is 101 Å². The third-order valence-electron chi connectivity index (χ3n) is 5.88. The predicted molar refractivity (Wildman–Crippen MR) is 121 cm³/mol. The van der Waals surface area contributed by atoms with Crippen molar-refractivity contribution in [3.63, 3.8) is 0 Å². The molecule has 5 rings (SSSR count). The van der Waals surface area contributed by atoms with Crippen LogP contribution in [0.25, 0.3) is 27.7 Å². The number of benzene rings is 3. The molecule has 0 radical (unpaired) electrons. The molecule has 0 spiro atoms. The number of halogens is 2. The van der Waals surface area contributed by atoms with Crippen LogP contribution in [0.4, 0.5) is 8.78 Å². The lowest BCUT2D eigenvalue weighted by atomic mass is 9.97. The van der Waals surface area contributed by atoms with E-state index in [0.29, 0.717) is 24.3 Å². The number of nitrogens with one attached hydrogen (secondary N) is 1. The fraction of sp³-hybridized carbons (Fsp3) is 0.120. The summed E-state index contributed by atoms with van der Waals surface area (Å²) in [6, 6.07) is 12.0. The zero-order valence-electron chi connectivity index (χ0n) is 17.6. The van der Waals surface area contributed by atoms with Crippen molar-refractivity contribution in [1.29, 1.82) is 0 Å². The van der Waals surface area contributed by atoms with Crippen molar-refractivity contribution >= 4 is 16.9 Å². The highest BCUT2D eigenvalue weighted by Crippen LogP contribution is 2.40. The van der Waals surface area contributed by atoms with E-state index in [-0.39, 0.29) is 28.0 Å². The summed E-state index contributed by atoms with van der Waals surface area (Å²) >= 11 is 0. The van der Waals surface area contributed by atoms with E-state index in [1.165, 1.54) is 28.8 Å². The predicted octanol–water partition coefficient (Wildman–Crippen LogP) is 4.11. The van der Waals surface area contributed by atoms with Gasteiger partial charge in [-0.2, -0.15) is 0 Å². The molecule has 0 saturated heterocycles. The Labute approximate surface area is 191 Å². The minimum Gasteiger partial charge on any atom is -0.508 e. The zero-order chi connectivity index (χ0) is 24.0. The van der Waals surface area contributed by atoms with Gasteiger partial charge in [-0.1, -0.05) is 12.1 Å². The molecule has 1 aliphatic rings. The molecule has 0 saturated carbocycles. The minimum absolute atomic E-state index is 0.00774. The molecule has 3 aromatic carbocycles. The molecule has 34 heavy (non-hydrogen) atoms. The van der Waals surface area contributed by atoms with Gasteiger partial charge in [0.15, 0.2) is 5.75 Å². The fourth-order valence-electron chi connectivity index (χ4n) is 4.31. The quantitative estimate of drug-likeness (QED) is 0.411. The number of phenolic OH excluding ortho intramolecular Hbond substituents is 1. The zero-order valence-corrected chi connectivity index (χ0v) is 17.6. The molecule has 7 nitrogen and oxygen atoms in total. The molecule has 3 N–H and O–H groups in total. The maximum absolute atomic E-state index is 15.5. The Morgan fingerprint density at radius 3 is 2.53 bits per heavy atom. The van der Waals surface area contributed by atoms with Crippen LogP contribution in [-0.2, 0) is 13.1 Å². The number of fused-ring (bicyclic) bond motifs is 2. The largest absolute Gasteiger partial charge is 0.508 e. The van der Waals surface area contributed by atoms with Gasteiger partial charge in [-0.3, -0.25) is 4.79 Å². The van der Waals surface area contributed by atoms with E-state index < -0.39 is 29.6 Å². The van der Waals surface area contributed by atoms with Gasteiger partial charge >= 0.3 is 5.97 Å². The molecular formula is C25H18F2N2O5. The second-order valence-corrected chi connectivity index (χ2v) is 7.86. The number of aromatic nitrogens is 1. The minimum atomic E-state index is -1.50. The number of aromatic hydroxyl groups is 1. The number of hydrogen-bond acceptors (Lipinski definition) is 5. The van der Waals surface area contributed by atoms with Crippen molar-refractivity contribution in [2.75, 3.05) is 6.86 Å². The lowest BCUT2D eigenvalue weighted by molar-refractivity contribution is 0.0695. The summed E-state index contributed by atoms with van der Waals surface area (Å²) in [7, 11) is 0. The molecule has 0 amide bonds. The first-order valence-corrected chi connectivity index (χ1v) is 10.3. The average Bonchev–Trinajstić information content (AvgIpc) is 3.28. The summed E-state index contributed by atoms with van der Waals surface area (Å²) in [4.78, 5) is 24.7. The van der Waals surface area contributed by atoms with Crippen LogP contribution in [0.1, 0.15) is 21.5 Å². The number of ether oxygens (including phenoxy) is 1. The maximum atomic E-state index is 15.5. The number of rotatable bonds is 5. The van der Waals surface area contributed by atoms with Crippen molar-refractivity contribution in [1.82, 2.24) is 9.88 Å². The summed E-state index contributed by atoms with van der Waals surface area (Å²) in [5.74, 6) is -2.61. The Balaban J connectivity index is 1.91. The maximum Gasteiger partial charge on any atom is 0.341 e. The number of nitrogens with zero attached hydrogens (tertiary/aromatic N) is 1. The van der Waals surface area contributed by atoms with E-state index in [4.69, 9.17) is 4.74 Å². The van der Waals surface area contributed by atoms with E-state index in [1.807, 2.05) is 6.07 Å². The van der Waals surface area contributed by atoms with Crippen LogP contribution >= 0.6 is 0 Å². The number of alkyl halides is 1. The number of carboxylic acids is 1.